The summed E-state index contributed by atoms with van der Waals surface area (Å²) in [6.07, 6.45) is -0.767. The zero-order chi connectivity index (χ0) is 13.7. The van der Waals surface area contributed by atoms with E-state index < -0.39 is 12.3 Å². The van der Waals surface area contributed by atoms with Gasteiger partial charge in [0.1, 0.15) is 24.2 Å². The number of methoxy groups -OCH3 is 1. The van der Waals surface area contributed by atoms with Gasteiger partial charge in [-0.05, 0) is 31.2 Å². The zero-order valence-electron chi connectivity index (χ0n) is 10.9. The van der Waals surface area contributed by atoms with E-state index in [-0.39, 0.29) is 6.10 Å². The van der Waals surface area contributed by atoms with Gasteiger partial charge in [-0.25, -0.2) is 4.79 Å². The minimum absolute atomic E-state index is 0.236. The lowest BCUT2D eigenvalue weighted by Crippen LogP contribution is -2.36. The minimum Gasteiger partial charge on any atom is -0.491 e. The Bertz CT molecular complexity index is 416. The number of alkyl carbamates (subject to hydrolysis) is 1. The number of nitrogens with one attached hydrogen (secondary N) is 1. The van der Waals surface area contributed by atoms with Crippen LogP contribution in [0.3, 0.4) is 0 Å². The number of hydrogen-bond donors (Lipinski definition) is 1. The molecule has 1 amide bonds. The van der Waals surface area contributed by atoms with Crippen LogP contribution in [0.2, 0.25) is 0 Å². The van der Waals surface area contributed by atoms with Crippen molar-refractivity contribution in [3.63, 3.8) is 0 Å². The molecule has 1 heterocycles. The normalized spacial score (nSPS) is 18.3. The smallest absolute Gasteiger partial charge is 0.409 e. The highest BCUT2D eigenvalue weighted by molar-refractivity contribution is 5.67. The maximum atomic E-state index is 11.0. The molecular weight excluding hydrogens is 250 g/mol. The molecule has 1 aromatic carbocycles. The van der Waals surface area contributed by atoms with Crippen molar-refractivity contribution in [3.05, 3.63) is 24.3 Å². The maximum absolute atomic E-state index is 11.0. The standard InChI is InChI=1S/C13H17NO5/c1-9(14-13(15)16-2)19-11-5-3-10(4-6-11)17-7-12-8-18-12/h3-6,9,12H,7-8H2,1-2H3,(H,14,15). The summed E-state index contributed by atoms with van der Waals surface area (Å²) < 4.78 is 20.5. The van der Waals surface area contributed by atoms with Crippen LogP contribution >= 0.6 is 0 Å². The van der Waals surface area contributed by atoms with E-state index in [0.29, 0.717) is 12.4 Å². The van der Waals surface area contributed by atoms with Crippen LogP contribution in [0, 0.1) is 0 Å². The van der Waals surface area contributed by atoms with Gasteiger partial charge < -0.3 is 18.9 Å². The van der Waals surface area contributed by atoms with E-state index in [1.54, 1.807) is 19.1 Å². The second-order valence-electron chi connectivity index (χ2n) is 4.13. The molecule has 6 heteroatoms. The number of benzene rings is 1. The molecule has 6 nitrogen and oxygen atoms in total. The van der Waals surface area contributed by atoms with Crippen LogP contribution < -0.4 is 14.8 Å². The van der Waals surface area contributed by atoms with Crippen LogP contribution in [0.25, 0.3) is 0 Å². The summed E-state index contributed by atoms with van der Waals surface area (Å²) in [5.41, 5.74) is 0. The molecule has 1 saturated heterocycles. The van der Waals surface area contributed by atoms with Gasteiger partial charge in [-0.3, -0.25) is 5.32 Å². The van der Waals surface area contributed by atoms with Crippen LogP contribution in [0.5, 0.6) is 11.5 Å². The Balaban J connectivity index is 1.78. The molecule has 1 aliphatic heterocycles. The van der Waals surface area contributed by atoms with E-state index in [1.807, 2.05) is 12.1 Å². The molecule has 2 unspecified atom stereocenters. The highest BCUT2D eigenvalue weighted by Crippen LogP contribution is 2.19. The first-order chi connectivity index (χ1) is 9.17. The number of hydrogen-bond acceptors (Lipinski definition) is 5. The van der Waals surface area contributed by atoms with Crippen molar-refractivity contribution < 1.29 is 23.7 Å². The molecule has 0 spiro atoms. The molecule has 1 aliphatic rings. The van der Waals surface area contributed by atoms with Crippen LogP contribution in [0.15, 0.2) is 24.3 Å². The maximum Gasteiger partial charge on any atom is 0.409 e. The van der Waals surface area contributed by atoms with Gasteiger partial charge in [0.05, 0.1) is 13.7 Å². The van der Waals surface area contributed by atoms with E-state index in [1.165, 1.54) is 7.11 Å². The lowest BCUT2D eigenvalue weighted by atomic mass is 10.3. The van der Waals surface area contributed by atoms with E-state index >= 15 is 0 Å². The van der Waals surface area contributed by atoms with Gasteiger partial charge in [0.25, 0.3) is 0 Å². The molecule has 0 radical (unpaired) electrons. The Hall–Kier alpha value is -1.95. The second-order valence-corrected chi connectivity index (χ2v) is 4.13. The summed E-state index contributed by atoms with van der Waals surface area (Å²) in [6, 6.07) is 7.17. The number of carbonyl (C=O) groups is 1. The predicted molar refractivity (Wildman–Crippen MR) is 67.3 cm³/mol. The first-order valence-corrected chi connectivity index (χ1v) is 6.03. The molecule has 19 heavy (non-hydrogen) atoms. The summed E-state index contributed by atoms with van der Waals surface area (Å²) in [4.78, 5) is 11.0. The molecule has 1 aromatic rings. The average Bonchev–Trinajstić information content (AvgIpc) is 3.21. The van der Waals surface area contributed by atoms with Gasteiger partial charge >= 0.3 is 6.09 Å². The highest BCUT2D eigenvalue weighted by Gasteiger charge is 2.22. The molecule has 0 aromatic heterocycles. The lowest BCUT2D eigenvalue weighted by Gasteiger charge is -2.15. The van der Waals surface area contributed by atoms with Crippen molar-refractivity contribution in [1.29, 1.82) is 0 Å². The average molecular weight is 267 g/mol. The van der Waals surface area contributed by atoms with Gasteiger partial charge in [0.15, 0.2) is 6.23 Å². The van der Waals surface area contributed by atoms with Crippen molar-refractivity contribution in [1.82, 2.24) is 5.32 Å². The number of carbonyl (C=O) groups excluding carboxylic acids is 1. The fourth-order valence-electron chi connectivity index (χ4n) is 1.43. The molecule has 2 atom stereocenters. The predicted octanol–water partition coefficient (Wildman–Crippen LogP) is 1.54. The van der Waals surface area contributed by atoms with E-state index in [9.17, 15) is 4.79 Å². The third kappa shape index (κ3) is 4.67. The number of amides is 1. The lowest BCUT2D eigenvalue weighted by molar-refractivity contribution is 0.133. The van der Waals surface area contributed by atoms with Crippen molar-refractivity contribution in [2.45, 2.75) is 19.3 Å². The summed E-state index contributed by atoms with van der Waals surface area (Å²) in [7, 11) is 1.30. The third-order valence-corrected chi connectivity index (χ3v) is 2.48. The Kier molecular flexibility index (Phi) is 4.46. The SMILES string of the molecule is COC(=O)NC(C)Oc1ccc(OCC2CO2)cc1. The molecule has 0 bridgehead atoms. The van der Waals surface area contributed by atoms with E-state index in [2.05, 4.69) is 10.1 Å². The van der Waals surface area contributed by atoms with Gasteiger partial charge in [0.2, 0.25) is 0 Å². The Morgan fingerprint density at radius 1 is 1.42 bits per heavy atom. The largest absolute Gasteiger partial charge is 0.491 e. The van der Waals surface area contributed by atoms with Crippen molar-refractivity contribution >= 4 is 6.09 Å². The number of rotatable bonds is 6. The van der Waals surface area contributed by atoms with Crippen LogP contribution in [-0.4, -0.2) is 38.7 Å². The number of ether oxygens (including phenoxy) is 4. The van der Waals surface area contributed by atoms with E-state index in [4.69, 9.17) is 14.2 Å². The summed E-state index contributed by atoms with van der Waals surface area (Å²) in [5.74, 6) is 1.40. The van der Waals surface area contributed by atoms with Crippen molar-refractivity contribution in [2.75, 3.05) is 20.3 Å². The molecule has 104 valence electrons. The van der Waals surface area contributed by atoms with Crippen molar-refractivity contribution in [2.24, 2.45) is 0 Å². The first-order valence-electron chi connectivity index (χ1n) is 6.03. The summed E-state index contributed by atoms with van der Waals surface area (Å²) >= 11 is 0. The van der Waals surface area contributed by atoms with Gasteiger partial charge in [-0.2, -0.15) is 0 Å². The summed E-state index contributed by atoms with van der Waals surface area (Å²) in [6.45, 7) is 3.06. The van der Waals surface area contributed by atoms with Gasteiger partial charge in [-0.1, -0.05) is 0 Å². The second kappa shape index (κ2) is 6.29. The third-order valence-electron chi connectivity index (χ3n) is 2.48. The minimum atomic E-state index is -0.531. The zero-order valence-corrected chi connectivity index (χ0v) is 10.9. The monoisotopic (exact) mass is 267 g/mol. The molecular formula is C13H17NO5. The molecule has 2 rings (SSSR count). The van der Waals surface area contributed by atoms with Crippen LogP contribution in [0.4, 0.5) is 4.79 Å². The Morgan fingerprint density at radius 3 is 2.63 bits per heavy atom. The Morgan fingerprint density at radius 2 is 2.05 bits per heavy atom. The summed E-state index contributed by atoms with van der Waals surface area (Å²) in [5, 5.41) is 2.51. The molecule has 1 fully saturated rings. The molecule has 0 aliphatic carbocycles. The first kappa shape index (κ1) is 13.5. The Labute approximate surface area is 111 Å². The topological polar surface area (TPSA) is 69.3 Å². The van der Waals surface area contributed by atoms with Crippen molar-refractivity contribution in [3.8, 4) is 11.5 Å². The van der Waals surface area contributed by atoms with Gasteiger partial charge in [0, 0.05) is 0 Å². The van der Waals surface area contributed by atoms with E-state index in [0.717, 1.165) is 12.4 Å². The quantitative estimate of drug-likeness (QED) is 0.625. The number of epoxide rings is 1. The van der Waals surface area contributed by atoms with Crippen LogP contribution in [-0.2, 0) is 9.47 Å². The fourth-order valence-corrected chi connectivity index (χ4v) is 1.43. The van der Waals surface area contributed by atoms with Crippen LogP contribution in [0.1, 0.15) is 6.92 Å². The van der Waals surface area contributed by atoms with Gasteiger partial charge in [-0.15, -0.1) is 0 Å². The highest BCUT2D eigenvalue weighted by atomic mass is 16.6. The fraction of sp³-hybridized carbons (Fsp3) is 0.462. The molecule has 0 saturated carbocycles. The molecule has 1 N–H and O–H groups in total.